The Morgan fingerprint density at radius 2 is 2.22 bits per heavy atom. The molecule has 1 aromatic rings. The van der Waals surface area contributed by atoms with E-state index in [0.717, 1.165) is 18.1 Å². The van der Waals surface area contributed by atoms with Gasteiger partial charge in [-0.25, -0.2) is 0 Å². The van der Waals surface area contributed by atoms with Crippen molar-refractivity contribution >= 4 is 0 Å². The van der Waals surface area contributed by atoms with Gasteiger partial charge >= 0.3 is 0 Å². The lowest BCUT2D eigenvalue weighted by Gasteiger charge is -2.43. The molecule has 1 fully saturated rings. The van der Waals surface area contributed by atoms with E-state index in [2.05, 4.69) is 31.0 Å². The first-order valence-electron chi connectivity index (χ1n) is 6.72. The van der Waals surface area contributed by atoms with Gasteiger partial charge in [-0.3, -0.25) is 4.90 Å². The van der Waals surface area contributed by atoms with Crippen molar-refractivity contribution in [3.63, 3.8) is 0 Å². The maximum Gasteiger partial charge on any atom is 0.126 e. The lowest BCUT2D eigenvalue weighted by atomic mass is 9.81. The van der Waals surface area contributed by atoms with Crippen LogP contribution < -0.4 is 9.47 Å². The van der Waals surface area contributed by atoms with E-state index in [0.29, 0.717) is 12.0 Å². The van der Waals surface area contributed by atoms with Crippen LogP contribution in [0.2, 0.25) is 0 Å². The van der Waals surface area contributed by atoms with Gasteiger partial charge < -0.3 is 9.47 Å². The van der Waals surface area contributed by atoms with Crippen LogP contribution >= 0.6 is 0 Å². The molecule has 1 saturated heterocycles. The van der Waals surface area contributed by atoms with Crippen LogP contribution in [-0.2, 0) is 0 Å². The Balaban J connectivity index is 2.07. The summed E-state index contributed by atoms with van der Waals surface area (Å²) in [5.74, 6) is 2.58. The number of benzene rings is 1. The zero-order chi connectivity index (χ0) is 12.7. The average Bonchev–Trinajstić information content (AvgIpc) is 2.37. The summed E-state index contributed by atoms with van der Waals surface area (Å²) in [6.07, 6.45) is 2.50. The van der Waals surface area contributed by atoms with Gasteiger partial charge in [-0.05, 0) is 51.1 Å². The number of methoxy groups -OCH3 is 1. The summed E-state index contributed by atoms with van der Waals surface area (Å²) in [4.78, 5) is 2.43. The first-order chi connectivity index (χ1) is 8.70. The zero-order valence-electron chi connectivity index (χ0n) is 11.4. The Morgan fingerprint density at radius 1 is 1.39 bits per heavy atom. The molecule has 2 atom stereocenters. The maximum atomic E-state index is 5.96. The first kappa shape index (κ1) is 11.8. The topological polar surface area (TPSA) is 21.7 Å². The van der Waals surface area contributed by atoms with Crippen molar-refractivity contribution in [3.05, 3.63) is 23.3 Å². The average molecular weight is 247 g/mol. The summed E-state index contributed by atoms with van der Waals surface area (Å²) < 4.78 is 11.5. The summed E-state index contributed by atoms with van der Waals surface area (Å²) in [6, 6.07) is 4.77. The van der Waals surface area contributed by atoms with E-state index in [9.17, 15) is 0 Å². The molecule has 3 nitrogen and oxygen atoms in total. The number of ether oxygens (including phenoxy) is 2. The highest BCUT2D eigenvalue weighted by Crippen LogP contribution is 2.45. The van der Waals surface area contributed by atoms with Gasteiger partial charge in [0.15, 0.2) is 0 Å². The highest BCUT2D eigenvalue weighted by molar-refractivity contribution is 5.52. The van der Waals surface area contributed by atoms with Gasteiger partial charge in [-0.15, -0.1) is 0 Å². The zero-order valence-corrected chi connectivity index (χ0v) is 11.4. The van der Waals surface area contributed by atoms with Crippen molar-refractivity contribution in [2.45, 2.75) is 31.7 Å². The molecule has 18 heavy (non-hydrogen) atoms. The molecule has 2 heterocycles. The van der Waals surface area contributed by atoms with E-state index < -0.39 is 0 Å². The summed E-state index contributed by atoms with van der Waals surface area (Å²) >= 11 is 0. The fourth-order valence-electron chi connectivity index (χ4n) is 3.37. The molecule has 1 aromatic carbocycles. The van der Waals surface area contributed by atoms with Crippen molar-refractivity contribution in [1.29, 1.82) is 0 Å². The number of fused-ring (bicyclic) bond motifs is 3. The monoisotopic (exact) mass is 247 g/mol. The van der Waals surface area contributed by atoms with Gasteiger partial charge in [0.2, 0.25) is 0 Å². The Bertz CT molecular complexity index is 441. The van der Waals surface area contributed by atoms with Gasteiger partial charge in [0.25, 0.3) is 0 Å². The number of rotatable bonds is 1. The SMILES string of the molecule is COc1cc(C)cc2c1[C@H]1CCCN(C)[C@@H]1CO2. The van der Waals surface area contributed by atoms with Crippen LogP contribution in [0, 0.1) is 6.92 Å². The maximum absolute atomic E-state index is 5.96. The number of hydrogen-bond donors (Lipinski definition) is 0. The fraction of sp³-hybridized carbons (Fsp3) is 0.600. The lowest BCUT2D eigenvalue weighted by molar-refractivity contribution is 0.0852. The molecular formula is C15H21NO2. The standard InChI is InChI=1S/C15H21NO2/c1-10-7-13(17-3)15-11-5-4-6-16(2)12(11)9-18-14(15)8-10/h7-8,11-12H,4-6,9H2,1-3H3/t11-,12+/m0/s1. The number of likely N-dealkylation sites (N-methyl/N-ethyl adjacent to an activating group) is 1. The Labute approximate surface area is 109 Å². The third kappa shape index (κ3) is 1.77. The van der Waals surface area contributed by atoms with Crippen molar-refractivity contribution in [2.75, 3.05) is 27.3 Å². The molecule has 3 rings (SSSR count). The molecule has 0 saturated carbocycles. The van der Waals surface area contributed by atoms with Crippen molar-refractivity contribution in [1.82, 2.24) is 4.90 Å². The number of piperidine rings is 1. The molecule has 0 aliphatic carbocycles. The minimum Gasteiger partial charge on any atom is -0.496 e. The van der Waals surface area contributed by atoms with Crippen molar-refractivity contribution in [3.8, 4) is 11.5 Å². The summed E-state index contributed by atoms with van der Waals surface area (Å²) in [7, 11) is 3.96. The lowest BCUT2D eigenvalue weighted by Crippen LogP contribution is -2.47. The Morgan fingerprint density at radius 3 is 3.00 bits per heavy atom. The molecule has 0 N–H and O–H groups in total. The van der Waals surface area contributed by atoms with E-state index >= 15 is 0 Å². The normalized spacial score (nSPS) is 27.1. The Kier molecular flexibility index (Phi) is 2.94. The van der Waals surface area contributed by atoms with Gasteiger partial charge in [-0.1, -0.05) is 0 Å². The molecule has 3 heteroatoms. The summed E-state index contributed by atoms with van der Waals surface area (Å²) in [5, 5.41) is 0. The quantitative estimate of drug-likeness (QED) is 0.761. The minimum absolute atomic E-state index is 0.503. The highest BCUT2D eigenvalue weighted by atomic mass is 16.5. The molecule has 2 aliphatic rings. The molecule has 0 amide bonds. The second-order valence-electron chi connectivity index (χ2n) is 5.49. The third-order valence-electron chi connectivity index (χ3n) is 4.31. The third-order valence-corrected chi connectivity index (χ3v) is 4.31. The predicted molar refractivity (Wildman–Crippen MR) is 71.6 cm³/mol. The first-order valence-corrected chi connectivity index (χ1v) is 6.72. The minimum atomic E-state index is 0.503. The molecule has 0 unspecified atom stereocenters. The highest BCUT2D eigenvalue weighted by Gasteiger charge is 2.38. The number of nitrogens with zero attached hydrogens (tertiary/aromatic N) is 1. The number of likely N-dealkylation sites (tertiary alicyclic amines) is 1. The van der Waals surface area contributed by atoms with E-state index in [1.165, 1.54) is 30.5 Å². The van der Waals surface area contributed by atoms with Crippen LogP contribution in [0.1, 0.15) is 29.9 Å². The molecule has 0 bridgehead atoms. The van der Waals surface area contributed by atoms with E-state index in [-0.39, 0.29) is 0 Å². The van der Waals surface area contributed by atoms with Crippen LogP contribution in [0.25, 0.3) is 0 Å². The molecule has 0 spiro atoms. The smallest absolute Gasteiger partial charge is 0.126 e. The molecular weight excluding hydrogens is 226 g/mol. The second kappa shape index (κ2) is 4.47. The summed E-state index contributed by atoms with van der Waals surface area (Å²) in [6.45, 7) is 4.07. The van der Waals surface area contributed by atoms with Gasteiger partial charge in [0.05, 0.1) is 13.2 Å². The molecule has 0 radical (unpaired) electrons. The molecule has 98 valence electrons. The second-order valence-corrected chi connectivity index (χ2v) is 5.49. The fourth-order valence-corrected chi connectivity index (χ4v) is 3.37. The predicted octanol–water partition coefficient (Wildman–Crippen LogP) is 2.57. The van der Waals surface area contributed by atoms with E-state index in [4.69, 9.17) is 9.47 Å². The van der Waals surface area contributed by atoms with Gasteiger partial charge in [-0.2, -0.15) is 0 Å². The van der Waals surface area contributed by atoms with Crippen LogP contribution in [0.15, 0.2) is 12.1 Å². The summed E-state index contributed by atoms with van der Waals surface area (Å²) in [5.41, 5.74) is 2.49. The number of hydrogen-bond acceptors (Lipinski definition) is 3. The van der Waals surface area contributed by atoms with Crippen LogP contribution in [0.5, 0.6) is 11.5 Å². The number of aryl methyl sites for hydroxylation is 1. The van der Waals surface area contributed by atoms with Crippen LogP contribution in [0.4, 0.5) is 0 Å². The molecule has 0 aromatic heterocycles. The largest absolute Gasteiger partial charge is 0.496 e. The van der Waals surface area contributed by atoms with Gasteiger partial charge in [0, 0.05) is 11.5 Å². The van der Waals surface area contributed by atoms with Gasteiger partial charge in [0.1, 0.15) is 18.1 Å². The Hall–Kier alpha value is -1.22. The van der Waals surface area contributed by atoms with E-state index in [1.807, 2.05) is 0 Å². The van der Waals surface area contributed by atoms with Crippen molar-refractivity contribution in [2.24, 2.45) is 0 Å². The van der Waals surface area contributed by atoms with Crippen molar-refractivity contribution < 1.29 is 9.47 Å². The molecule has 2 aliphatic heterocycles. The van der Waals surface area contributed by atoms with Crippen LogP contribution in [0.3, 0.4) is 0 Å². The van der Waals surface area contributed by atoms with E-state index in [1.54, 1.807) is 7.11 Å². The van der Waals surface area contributed by atoms with Crippen LogP contribution in [-0.4, -0.2) is 38.3 Å².